The molecule has 32 heavy (non-hydrogen) atoms. The number of hydrogen-bond acceptors (Lipinski definition) is 7. The molecular weight excluding hydrogens is 446 g/mol. The molecule has 4 heterocycles. The molecule has 4 rings (SSSR count). The van der Waals surface area contributed by atoms with Crippen LogP contribution in [0, 0.1) is 5.92 Å². The number of hydrogen-bond donors (Lipinski definition) is 1. The van der Waals surface area contributed by atoms with Crippen molar-refractivity contribution >= 4 is 57.7 Å². The fourth-order valence-corrected chi connectivity index (χ4v) is 5.45. The van der Waals surface area contributed by atoms with Gasteiger partial charge in [-0.1, -0.05) is 37.0 Å². The van der Waals surface area contributed by atoms with E-state index in [9.17, 15) is 14.4 Å². The van der Waals surface area contributed by atoms with E-state index >= 15 is 0 Å². The van der Waals surface area contributed by atoms with Crippen LogP contribution in [0.2, 0.25) is 0 Å². The maximum Gasteiger partial charge on any atom is 0.267 e. The molecule has 1 atom stereocenters. The van der Waals surface area contributed by atoms with Crippen LogP contribution >= 0.6 is 24.0 Å². The van der Waals surface area contributed by atoms with Crippen LogP contribution in [0.3, 0.4) is 0 Å². The molecular formula is C22H25N5O3S2. The first-order valence-corrected chi connectivity index (χ1v) is 11.9. The molecule has 0 radical (unpaired) electrons. The average Bonchev–Trinajstić information content (AvgIpc) is 3.07. The van der Waals surface area contributed by atoms with E-state index in [4.69, 9.17) is 22.9 Å². The number of aromatic nitrogens is 2. The van der Waals surface area contributed by atoms with Crippen LogP contribution in [-0.4, -0.2) is 49.6 Å². The molecule has 2 N–H and O–H groups in total. The second-order valence-corrected chi connectivity index (χ2v) is 9.73. The summed E-state index contributed by atoms with van der Waals surface area (Å²) in [7, 11) is 0. The Labute approximate surface area is 195 Å². The van der Waals surface area contributed by atoms with Crippen molar-refractivity contribution in [1.29, 1.82) is 0 Å². The zero-order valence-electron chi connectivity index (χ0n) is 18.0. The summed E-state index contributed by atoms with van der Waals surface area (Å²) in [5, 5.41) is 0. The molecule has 2 aromatic heterocycles. The number of primary amides is 1. The van der Waals surface area contributed by atoms with E-state index in [1.54, 1.807) is 29.3 Å². The van der Waals surface area contributed by atoms with Crippen molar-refractivity contribution in [2.75, 3.05) is 18.0 Å². The number of thioether (sulfide) groups is 1. The third-order valence-electron chi connectivity index (χ3n) is 6.08. The highest BCUT2D eigenvalue weighted by Gasteiger charge is 2.35. The third kappa shape index (κ3) is 4.04. The number of carbonyl (C=O) groups excluding carboxylic acids is 2. The SMILES string of the molecule is CCC(C)N1C(=O)/C(=C/c2c(N3CCC(C(N)=O)CC3)nc3ccccn3c2=O)SC1=S. The molecule has 168 valence electrons. The molecule has 2 aromatic rings. The van der Waals surface area contributed by atoms with Gasteiger partial charge < -0.3 is 10.6 Å². The number of nitrogens with zero attached hydrogens (tertiary/aromatic N) is 4. The lowest BCUT2D eigenvalue weighted by atomic mass is 9.96. The van der Waals surface area contributed by atoms with E-state index in [-0.39, 0.29) is 29.3 Å². The standard InChI is InChI=1S/C22H25N5O3S2/c1-3-13(2)27-21(30)16(32-22(27)31)12-15-19(25-10-7-14(8-11-25)18(23)28)24-17-6-4-5-9-26(17)20(15)29/h4-6,9,12-14H,3,7-8,10-11H2,1-2H3,(H2,23,28)/b16-12-. The van der Waals surface area contributed by atoms with Crippen LogP contribution < -0.4 is 16.2 Å². The van der Waals surface area contributed by atoms with E-state index in [0.29, 0.717) is 52.2 Å². The van der Waals surface area contributed by atoms with E-state index in [1.807, 2.05) is 24.8 Å². The number of anilines is 1. The molecule has 0 spiro atoms. The number of thiocarbonyl (C=S) groups is 1. The van der Waals surface area contributed by atoms with E-state index < -0.39 is 0 Å². The summed E-state index contributed by atoms with van der Waals surface area (Å²) < 4.78 is 1.97. The summed E-state index contributed by atoms with van der Waals surface area (Å²) in [6.45, 7) is 5.06. The van der Waals surface area contributed by atoms with Gasteiger partial charge in [0.1, 0.15) is 15.8 Å². The Balaban J connectivity index is 1.79. The minimum absolute atomic E-state index is 0.0171. The Morgan fingerprint density at radius 3 is 2.72 bits per heavy atom. The lowest BCUT2D eigenvalue weighted by molar-refractivity contribution is -0.123. The van der Waals surface area contributed by atoms with Gasteiger partial charge in [0.2, 0.25) is 5.91 Å². The molecule has 1 unspecified atom stereocenters. The summed E-state index contributed by atoms with van der Waals surface area (Å²) in [6, 6.07) is 5.34. The highest BCUT2D eigenvalue weighted by atomic mass is 32.2. The largest absolute Gasteiger partial charge is 0.369 e. The van der Waals surface area contributed by atoms with Gasteiger partial charge >= 0.3 is 0 Å². The first kappa shape index (κ1) is 22.5. The highest BCUT2D eigenvalue weighted by molar-refractivity contribution is 8.26. The molecule has 2 aliphatic rings. The Morgan fingerprint density at radius 2 is 2.06 bits per heavy atom. The van der Waals surface area contributed by atoms with Crippen LogP contribution in [-0.2, 0) is 9.59 Å². The molecule has 0 bridgehead atoms. The fourth-order valence-electron chi connectivity index (χ4n) is 4.01. The normalized spacial score (nSPS) is 19.9. The van der Waals surface area contributed by atoms with Crippen molar-refractivity contribution in [3.05, 3.63) is 45.2 Å². The Morgan fingerprint density at radius 1 is 1.34 bits per heavy atom. The zero-order valence-corrected chi connectivity index (χ0v) is 19.6. The zero-order chi connectivity index (χ0) is 23.0. The second kappa shape index (κ2) is 9.03. The quantitative estimate of drug-likeness (QED) is 0.528. The maximum atomic E-state index is 13.4. The molecule has 2 saturated heterocycles. The predicted octanol–water partition coefficient (Wildman–Crippen LogP) is 2.40. The first-order valence-electron chi connectivity index (χ1n) is 10.6. The van der Waals surface area contributed by atoms with Crippen LogP contribution in [0.1, 0.15) is 38.7 Å². The number of nitrogens with two attached hydrogens (primary N) is 1. The van der Waals surface area contributed by atoms with E-state index in [1.165, 1.54) is 16.2 Å². The van der Waals surface area contributed by atoms with E-state index in [0.717, 1.165) is 6.42 Å². The molecule has 2 aliphatic heterocycles. The number of fused-ring (bicyclic) bond motifs is 1. The van der Waals surface area contributed by atoms with Crippen molar-refractivity contribution < 1.29 is 9.59 Å². The molecule has 0 saturated carbocycles. The van der Waals surface area contributed by atoms with Gasteiger partial charge in [0.05, 0.1) is 10.5 Å². The number of pyridine rings is 1. The van der Waals surface area contributed by atoms with Crippen LogP contribution in [0.15, 0.2) is 34.1 Å². The molecule has 10 heteroatoms. The summed E-state index contributed by atoms with van der Waals surface area (Å²) in [5.41, 5.74) is 6.08. The lowest BCUT2D eigenvalue weighted by Crippen LogP contribution is -2.40. The topological polar surface area (TPSA) is 101 Å². The molecule has 8 nitrogen and oxygen atoms in total. The van der Waals surface area contributed by atoms with Crippen molar-refractivity contribution in [3.63, 3.8) is 0 Å². The van der Waals surface area contributed by atoms with Gasteiger partial charge in [0, 0.05) is 31.2 Å². The number of piperidine rings is 1. The monoisotopic (exact) mass is 471 g/mol. The van der Waals surface area contributed by atoms with Crippen molar-refractivity contribution in [1.82, 2.24) is 14.3 Å². The van der Waals surface area contributed by atoms with Gasteiger partial charge in [-0.3, -0.25) is 23.7 Å². The Bertz CT molecular complexity index is 1180. The molecule has 0 aromatic carbocycles. The maximum absolute atomic E-state index is 13.4. The van der Waals surface area contributed by atoms with Gasteiger partial charge in [-0.15, -0.1) is 0 Å². The Hall–Kier alpha value is -2.72. The smallest absolute Gasteiger partial charge is 0.267 e. The van der Waals surface area contributed by atoms with Crippen molar-refractivity contribution in [2.45, 2.75) is 39.2 Å². The summed E-state index contributed by atoms with van der Waals surface area (Å²) in [5.74, 6) is -0.156. The summed E-state index contributed by atoms with van der Waals surface area (Å²) in [4.78, 5) is 46.8. The van der Waals surface area contributed by atoms with E-state index in [2.05, 4.69) is 0 Å². The van der Waals surface area contributed by atoms with Gasteiger partial charge in [-0.05, 0) is 44.4 Å². The van der Waals surface area contributed by atoms with Gasteiger partial charge in [0.25, 0.3) is 11.5 Å². The molecule has 0 aliphatic carbocycles. The van der Waals surface area contributed by atoms with Gasteiger partial charge in [0.15, 0.2) is 0 Å². The highest BCUT2D eigenvalue weighted by Crippen LogP contribution is 2.35. The summed E-state index contributed by atoms with van der Waals surface area (Å²) in [6.07, 6.45) is 5.25. The summed E-state index contributed by atoms with van der Waals surface area (Å²) >= 11 is 6.64. The number of carbonyl (C=O) groups is 2. The van der Waals surface area contributed by atoms with Crippen LogP contribution in [0.4, 0.5) is 5.82 Å². The van der Waals surface area contributed by atoms with Crippen molar-refractivity contribution in [2.24, 2.45) is 11.7 Å². The van der Waals surface area contributed by atoms with Crippen molar-refractivity contribution in [3.8, 4) is 0 Å². The molecule has 2 fully saturated rings. The predicted molar refractivity (Wildman–Crippen MR) is 130 cm³/mol. The minimum atomic E-state index is -0.301. The Kier molecular flexibility index (Phi) is 6.34. The first-order chi connectivity index (χ1) is 15.3. The number of amides is 2. The fraction of sp³-hybridized carbons (Fsp3) is 0.409. The average molecular weight is 472 g/mol. The number of rotatable bonds is 5. The van der Waals surface area contributed by atoms with Gasteiger partial charge in [-0.25, -0.2) is 4.98 Å². The third-order valence-corrected chi connectivity index (χ3v) is 7.41. The minimum Gasteiger partial charge on any atom is -0.369 e. The van der Waals surface area contributed by atoms with Crippen LogP contribution in [0.25, 0.3) is 11.7 Å². The van der Waals surface area contributed by atoms with Gasteiger partial charge in [-0.2, -0.15) is 0 Å². The lowest BCUT2D eigenvalue weighted by Gasteiger charge is -2.32. The molecule has 2 amide bonds. The second-order valence-electron chi connectivity index (χ2n) is 8.06. The van der Waals surface area contributed by atoms with Crippen LogP contribution in [0.5, 0.6) is 0 Å².